The molecule has 3 aromatic heterocycles. The summed E-state index contributed by atoms with van der Waals surface area (Å²) in [6, 6.07) is 3.89. The Kier molecular flexibility index (Phi) is 5.03. The van der Waals surface area contributed by atoms with E-state index in [1.165, 1.54) is 0 Å². The lowest BCUT2D eigenvalue weighted by molar-refractivity contribution is 0.106. The van der Waals surface area contributed by atoms with E-state index in [-0.39, 0.29) is 0 Å². The molecule has 27 heavy (non-hydrogen) atoms. The van der Waals surface area contributed by atoms with Crippen LogP contribution < -0.4 is 4.90 Å². The van der Waals surface area contributed by atoms with E-state index in [9.17, 15) is 0 Å². The minimum absolute atomic E-state index is 0.544. The Labute approximate surface area is 159 Å². The van der Waals surface area contributed by atoms with Gasteiger partial charge in [0, 0.05) is 50.6 Å². The molecule has 142 valence electrons. The predicted octanol–water partition coefficient (Wildman–Crippen LogP) is 2.99. The van der Waals surface area contributed by atoms with Gasteiger partial charge in [-0.2, -0.15) is 5.10 Å². The van der Waals surface area contributed by atoms with E-state index in [1.807, 2.05) is 30.8 Å². The molecule has 1 fully saturated rings. The zero-order chi connectivity index (χ0) is 18.8. The molecular formula is C20H26N6O. The van der Waals surface area contributed by atoms with Crippen molar-refractivity contribution < 1.29 is 4.74 Å². The summed E-state index contributed by atoms with van der Waals surface area (Å²) < 4.78 is 7.62. The van der Waals surface area contributed by atoms with Crippen LogP contribution in [0.1, 0.15) is 25.5 Å². The number of nitrogens with zero attached hydrogens (tertiary/aromatic N) is 6. The minimum Gasteiger partial charge on any atom is -0.381 e. The molecule has 0 unspecified atom stereocenters. The molecule has 1 aliphatic rings. The lowest BCUT2D eigenvalue weighted by Crippen LogP contribution is -2.23. The van der Waals surface area contributed by atoms with Crippen LogP contribution in [0.2, 0.25) is 0 Å². The molecule has 7 heteroatoms. The van der Waals surface area contributed by atoms with Crippen molar-refractivity contribution in [2.75, 3.05) is 31.2 Å². The molecule has 1 aliphatic heterocycles. The van der Waals surface area contributed by atoms with Gasteiger partial charge in [-0.1, -0.05) is 6.92 Å². The van der Waals surface area contributed by atoms with Crippen molar-refractivity contribution in [3.63, 3.8) is 0 Å². The highest BCUT2D eigenvalue weighted by Crippen LogP contribution is 2.32. The highest BCUT2D eigenvalue weighted by molar-refractivity contribution is 5.91. The number of aryl methyl sites for hydroxylation is 2. The van der Waals surface area contributed by atoms with Gasteiger partial charge in [0.05, 0.1) is 17.7 Å². The van der Waals surface area contributed by atoms with E-state index < -0.39 is 0 Å². The maximum Gasteiger partial charge on any atom is 0.164 e. The normalized spacial score (nSPS) is 17.1. The van der Waals surface area contributed by atoms with Crippen LogP contribution in [0.5, 0.6) is 0 Å². The van der Waals surface area contributed by atoms with E-state index in [0.29, 0.717) is 11.7 Å². The van der Waals surface area contributed by atoms with Gasteiger partial charge in [-0.3, -0.25) is 9.67 Å². The highest BCUT2D eigenvalue weighted by Gasteiger charge is 2.27. The molecule has 1 saturated heterocycles. The third-order valence-electron chi connectivity index (χ3n) is 5.07. The summed E-state index contributed by atoms with van der Waals surface area (Å²) in [5.41, 5.74) is 2.80. The number of anilines is 1. The number of fused-ring (bicyclic) bond motifs is 1. The summed E-state index contributed by atoms with van der Waals surface area (Å²) in [6.45, 7) is 7.77. The molecule has 0 aliphatic carbocycles. The Bertz CT molecular complexity index is 923. The molecule has 7 nitrogen and oxygen atoms in total. The molecule has 0 radical (unpaired) electrons. The molecule has 0 N–H and O–H groups in total. The van der Waals surface area contributed by atoms with Gasteiger partial charge < -0.3 is 9.64 Å². The van der Waals surface area contributed by atoms with Gasteiger partial charge in [0.2, 0.25) is 0 Å². The smallest absolute Gasteiger partial charge is 0.164 e. The molecule has 3 aromatic rings. The molecular weight excluding hydrogens is 340 g/mol. The van der Waals surface area contributed by atoms with E-state index >= 15 is 0 Å². The van der Waals surface area contributed by atoms with E-state index in [4.69, 9.17) is 14.7 Å². The number of aromatic nitrogens is 5. The van der Waals surface area contributed by atoms with Gasteiger partial charge in [-0.25, -0.2) is 9.97 Å². The predicted molar refractivity (Wildman–Crippen MR) is 106 cm³/mol. The van der Waals surface area contributed by atoms with Gasteiger partial charge in [0.1, 0.15) is 5.82 Å². The second-order valence-electron chi connectivity index (χ2n) is 7.19. The first-order chi connectivity index (χ1) is 13.2. The largest absolute Gasteiger partial charge is 0.381 e. The Balaban J connectivity index is 1.71. The van der Waals surface area contributed by atoms with Crippen molar-refractivity contribution in [2.24, 2.45) is 13.0 Å². The molecule has 1 atom stereocenters. The second kappa shape index (κ2) is 7.60. The van der Waals surface area contributed by atoms with Crippen LogP contribution in [0, 0.1) is 12.8 Å². The minimum atomic E-state index is 0.544. The van der Waals surface area contributed by atoms with Crippen LogP contribution in [0.25, 0.3) is 22.4 Å². The maximum absolute atomic E-state index is 5.78. The molecule has 0 amide bonds. The van der Waals surface area contributed by atoms with Crippen LogP contribution in [0.4, 0.5) is 5.82 Å². The Morgan fingerprint density at radius 1 is 1.22 bits per heavy atom. The third-order valence-corrected chi connectivity index (χ3v) is 5.07. The van der Waals surface area contributed by atoms with Gasteiger partial charge in [0.15, 0.2) is 11.5 Å². The van der Waals surface area contributed by atoms with E-state index in [2.05, 4.69) is 21.9 Å². The SMILES string of the molecule is CCCOC[C@@H]1CCN(c2nc(-c3ccncc3)nc3c2c(C)nn3C)C1. The summed E-state index contributed by atoms with van der Waals surface area (Å²) in [7, 11) is 1.94. The first-order valence-corrected chi connectivity index (χ1v) is 9.61. The lowest BCUT2D eigenvalue weighted by atomic mass is 10.1. The second-order valence-corrected chi connectivity index (χ2v) is 7.19. The number of ether oxygens (including phenoxy) is 1. The molecule has 0 bridgehead atoms. The molecule has 0 spiro atoms. The fourth-order valence-electron chi connectivity index (χ4n) is 3.73. The summed E-state index contributed by atoms with van der Waals surface area (Å²) in [4.78, 5) is 16.2. The van der Waals surface area contributed by atoms with Gasteiger partial charge in [0.25, 0.3) is 0 Å². The Morgan fingerprint density at radius 2 is 2.04 bits per heavy atom. The van der Waals surface area contributed by atoms with Crippen molar-refractivity contribution in [1.82, 2.24) is 24.7 Å². The van der Waals surface area contributed by atoms with Crippen molar-refractivity contribution >= 4 is 16.9 Å². The van der Waals surface area contributed by atoms with E-state index in [1.54, 1.807) is 12.4 Å². The zero-order valence-electron chi connectivity index (χ0n) is 16.2. The number of pyridine rings is 1. The zero-order valence-corrected chi connectivity index (χ0v) is 16.2. The standard InChI is InChI=1S/C20H26N6O/c1-4-11-27-13-15-7-10-26(12-15)20-17-14(2)24-25(3)19(17)22-18(23-20)16-5-8-21-9-6-16/h5-6,8-9,15H,4,7,10-13H2,1-3H3/t15-/m1/s1. The van der Waals surface area contributed by atoms with Crippen LogP contribution in [-0.2, 0) is 11.8 Å². The molecule has 4 heterocycles. The fourth-order valence-corrected chi connectivity index (χ4v) is 3.73. The van der Waals surface area contributed by atoms with Crippen molar-refractivity contribution in [3.8, 4) is 11.4 Å². The van der Waals surface area contributed by atoms with Crippen molar-refractivity contribution in [3.05, 3.63) is 30.2 Å². The summed E-state index contributed by atoms with van der Waals surface area (Å²) >= 11 is 0. The topological polar surface area (TPSA) is 69.0 Å². The summed E-state index contributed by atoms with van der Waals surface area (Å²) in [6.07, 6.45) is 5.73. The summed E-state index contributed by atoms with van der Waals surface area (Å²) in [5, 5.41) is 5.63. The highest BCUT2D eigenvalue weighted by atomic mass is 16.5. The Hall–Kier alpha value is -2.54. The fraction of sp³-hybridized carbons (Fsp3) is 0.500. The van der Waals surface area contributed by atoms with Crippen LogP contribution in [-0.4, -0.2) is 51.0 Å². The lowest BCUT2D eigenvalue weighted by Gasteiger charge is -2.19. The first-order valence-electron chi connectivity index (χ1n) is 9.61. The van der Waals surface area contributed by atoms with Gasteiger partial charge >= 0.3 is 0 Å². The average Bonchev–Trinajstić information content (AvgIpc) is 3.27. The molecule has 0 aromatic carbocycles. The third kappa shape index (κ3) is 3.51. The molecule has 4 rings (SSSR count). The number of hydrogen-bond donors (Lipinski definition) is 0. The van der Waals surface area contributed by atoms with Crippen LogP contribution in [0.3, 0.4) is 0 Å². The van der Waals surface area contributed by atoms with Gasteiger partial charge in [-0.05, 0) is 31.9 Å². The monoisotopic (exact) mass is 366 g/mol. The van der Waals surface area contributed by atoms with E-state index in [0.717, 1.165) is 67.3 Å². The van der Waals surface area contributed by atoms with Crippen LogP contribution >= 0.6 is 0 Å². The van der Waals surface area contributed by atoms with Crippen LogP contribution in [0.15, 0.2) is 24.5 Å². The average molecular weight is 366 g/mol. The first kappa shape index (κ1) is 17.9. The van der Waals surface area contributed by atoms with Gasteiger partial charge in [-0.15, -0.1) is 0 Å². The quantitative estimate of drug-likeness (QED) is 0.625. The number of hydrogen-bond acceptors (Lipinski definition) is 6. The molecule has 0 saturated carbocycles. The Morgan fingerprint density at radius 3 is 2.81 bits per heavy atom. The maximum atomic E-state index is 5.78. The summed E-state index contributed by atoms with van der Waals surface area (Å²) in [5.74, 6) is 2.24. The van der Waals surface area contributed by atoms with Crippen molar-refractivity contribution in [2.45, 2.75) is 26.7 Å². The number of rotatable bonds is 6. The van der Waals surface area contributed by atoms with Crippen molar-refractivity contribution in [1.29, 1.82) is 0 Å².